The molecule has 0 saturated carbocycles. The number of alkyl halides is 1. The fourth-order valence-corrected chi connectivity index (χ4v) is 2.42. The van der Waals surface area contributed by atoms with Crippen molar-refractivity contribution in [3.8, 4) is 6.07 Å². The fourth-order valence-electron chi connectivity index (χ4n) is 2.21. The third-order valence-corrected chi connectivity index (χ3v) is 3.64. The van der Waals surface area contributed by atoms with E-state index in [-0.39, 0.29) is 0 Å². The van der Waals surface area contributed by atoms with Crippen LogP contribution in [0.4, 0.5) is 0 Å². The number of aromatic nitrogens is 2. The van der Waals surface area contributed by atoms with E-state index in [1.165, 1.54) is 0 Å². The molecule has 0 saturated heterocycles. The summed E-state index contributed by atoms with van der Waals surface area (Å²) in [4.78, 5) is 4.48. The third kappa shape index (κ3) is 3.75. The first-order valence-corrected chi connectivity index (χ1v) is 7.72. The number of rotatable bonds is 7. The van der Waals surface area contributed by atoms with Gasteiger partial charge in [-0.3, -0.25) is 0 Å². The van der Waals surface area contributed by atoms with E-state index in [0.717, 1.165) is 29.9 Å². The van der Waals surface area contributed by atoms with Gasteiger partial charge >= 0.3 is 0 Å². The summed E-state index contributed by atoms with van der Waals surface area (Å²) in [7, 11) is 0. The number of nitriles is 1. The highest BCUT2D eigenvalue weighted by molar-refractivity contribution is 6.16. The van der Waals surface area contributed by atoms with Gasteiger partial charge in [0.25, 0.3) is 0 Å². The molecule has 2 rings (SSSR count). The van der Waals surface area contributed by atoms with Crippen LogP contribution >= 0.6 is 11.6 Å². The van der Waals surface area contributed by atoms with E-state index in [0.29, 0.717) is 30.5 Å². The van der Waals surface area contributed by atoms with Gasteiger partial charge in [0.15, 0.2) is 0 Å². The van der Waals surface area contributed by atoms with E-state index in [4.69, 9.17) is 21.6 Å². The normalized spacial score (nSPS) is 11.2. The van der Waals surface area contributed by atoms with Crippen LogP contribution in [0.15, 0.2) is 18.2 Å². The van der Waals surface area contributed by atoms with Crippen molar-refractivity contribution in [2.75, 3.05) is 13.2 Å². The molecule has 1 aromatic carbocycles. The van der Waals surface area contributed by atoms with Crippen LogP contribution in [0.2, 0.25) is 0 Å². The molecule has 21 heavy (non-hydrogen) atoms. The number of hydrogen-bond acceptors (Lipinski definition) is 3. The number of halogens is 1. The summed E-state index contributed by atoms with van der Waals surface area (Å²) in [6.45, 7) is 6.46. The Morgan fingerprint density at radius 1 is 1.38 bits per heavy atom. The summed E-state index contributed by atoms with van der Waals surface area (Å²) in [5, 5.41) is 9.15. The largest absolute Gasteiger partial charge is 0.380 e. The third-order valence-electron chi connectivity index (χ3n) is 3.40. The molecular weight excluding hydrogens is 286 g/mol. The van der Waals surface area contributed by atoms with Gasteiger partial charge in [0.2, 0.25) is 0 Å². The maximum atomic E-state index is 9.15. The predicted octanol–water partition coefficient (Wildman–Crippen LogP) is 3.71. The lowest BCUT2D eigenvalue weighted by Crippen LogP contribution is -2.10. The molecule has 1 aromatic heterocycles. The second kappa shape index (κ2) is 7.44. The van der Waals surface area contributed by atoms with Crippen molar-refractivity contribution in [3.05, 3.63) is 29.6 Å². The summed E-state index contributed by atoms with van der Waals surface area (Å²) in [6.07, 6.45) is 1.06. The Hall–Kier alpha value is -1.57. The highest BCUT2D eigenvalue weighted by Gasteiger charge is 2.12. The molecule has 0 spiro atoms. The Labute approximate surface area is 130 Å². The van der Waals surface area contributed by atoms with E-state index < -0.39 is 0 Å². The van der Waals surface area contributed by atoms with E-state index in [1.54, 1.807) is 6.07 Å². The molecule has 0 aliphatic rings. The molecule has 0 amide bonds. The molecule has 0 atom stereocenters. The molecular formula is C16H20ClN3O. The lowest BCUT2D eigenvalue weighted by molar-refractivity contribution is 0.116. The molecule has 0 fully saturated rings. The van der Waals surface area contributed by atoms with Gasteiger partial charge < -0.3 is 9.30 Å². The fraction of sp³-hybridized carbons (Fsp3) is 0.500. The summed E-state index contributed by atoms with van der Waals surface area (Å²) >= 11 is 5.97. The summed E-state index contributed by atoms with van der Waals surface area (Å²) in [5.41, 5.74) is 2.24. The van der Waals surface area contributed by atoms with Gasteiger partial charge in [0, 0.05) is 13.2 Å². The van der Waals surface area contributed by atoms with Crippen molar-refractivity contribution >= 4 is 22.6 Å². The van der Waals surface area contributed by atoms with Gasteiger partial charge in [-0.1, -0.05) is 19.9 Å². The number of para-hydroxylation sites is 1. The topological polar surface area (TPSA) is 50.8 Å². The zero-order valence-corrected chi connectivity index (χ0v) is 13.2. The zero-order valence-electron chi connectivity index (χ0n) is 12.5. The quantitative estimate of drug-likeness (QED) is 0.579. The lowest BCUT2D eigenvalue weighted by Gasteiger charge is -2.09. The van der Waals surface area contributed by atoms with E-state index in [9.17, 15) is 0 Å². The first kappa shape index (κ1) is 15.8. The average Bonchev–Trinajstić information content (AvgIpc) is 2.84. The van der Waals surface area contributed by atoms with Gasteiger partial charge in [0.05, 0.1) is 23.6 Å². The maximum absolute atomic E-state index is 9.15. The molecule has 1 heterocycles. The smallest absolute Gasteiger partial charge is 0.124 e. The molecule has 112 valence electrons. The molecule has 0 N–H and O–H groups in total. The minimum absolute atomic E-state index is 0.325. The predicted molar refractivity (Wildman–Crippen MR) is 84.3 cm³/mol. The van der Waals surface area contributed by atoms with Crippen LogP contribution in [0.1, 0.15) is 31.7 Å². The first-order chi connectivity index (χ1) is 10.2. The van der Waals surface area contributed by atoms with Crippen molar-refractivity contribution in [3.63, 3.8) is 0 Å². The minimum Gasteiger partial charge on any atom is -0.380 e. The van der Waals surface area contributed by atoms with Gasteiger partial charge in [-0.05, 0) is 24.5 Å². The summed E-state index contributed by atoms with van der Waals surface area (Å²) in [5.74, 6) is 1.75. The molecule has 0 bridgehead atoms. The molecule has 4 nitrogen and oxygen atoms in total. The van der Waals surface area contributed by atoms with Crippen molar-refractivity contribution in [1.82, 2.24) is 9.55 Å². The van der Waals surface area contributed by atoms with Crippen molar-refractivity contribution in [2.45, 2.75) is 32.7 Å². The molecule has 5 heteroatoms. The zero-order chi connectivity index (χ0) is 15.2. The SMILES string of the molecule is CC(C)CCOCCn1c(CCl)nc2c(C#N)cccc21. The number of benzene rings is 1. The molecule has 0 aliphatic carbocycles. The van der Waals surface area contributed by atoms with Gasteiger partial charge in [0.1, 0.15) is 17.4 Å². The van der Waals surface area contributed by atoms with Crippen LogP contribution in [0, 0.1) is 17.2 Å². The van der Waals surface area contributed by atoms with Gasteiger partial charge in [-0.15, -0.1) is 11.6 Å². The maximum Gasteiger partial charge on any atom is 0.124 e. The Bertz CT molecular complexity index is 643. The second-order valence-electron chi connectivity index (χ2n) is 5.39. The number of hydrogen-bond donors (Lipinski definition) is 0. The van der Waals surface area contributed by atoms with Crippen LogP contribution in [-0.2, 0) is 17.2 Å². The number of imidazole rings is 1. The molecule has 0 unspecified atom stereocenters. The van der Waals surface area contributed by atoms with Crippen molar-refractivity contribution in [1.29, 1.82) is 5.26 Å². The average molecular weight is 306 g/mol. The second-order valence-corrected chi connectivity index (χ2v) is 5.66. The molecule has 0 aliphatic heterocycles. The minimum atomic E-state index is 0.325. The highest BCUT2D eigenvalue weighted by Crippen LogP contribution is 2.20. The first-order valence-electron chi connectivity index (χ1n) is 7.19. The summed E-state index contributed by atoms with van der Waals surface area (Å²) < 4.78 is 7.71. The molecule has 0 radical (unpaired) electrons. The standard InChI is InChI=1S/C16H20ClN3O/c1-12(2)6-8-21-9-7-20-14-5-3-4-13(11-18)16(14)19-15(20)10-17/h3-5,12H,6-10H2,1-2H3. The van der Waals surface area contributed by atoms with E-state index >= 15 is 0 Å². The Kier molecular flexibility index (Phi) is 5.60. The van der Waals surface area contributed by atoms with Gasteiger partial charge in [-0.25, -0.2) is 4.98 Å². The lowest BCUT2D eigenvalue weighted by atomic mass is 10.1. The number of ether oxygens (including phenoxy) is 1. The number of fused-ring (bicyclic) bond motifs is 1. The van der Waals surface area contributed by atoms with Crippen LogP contribution in [-0.4, -0.2) is 22.8 Å². The Balaban J connectivity index is 2.13. The van der Waals surface area contributed by atoms with Crippen LogP contribution in [0.5, 0.6) is 0 Å². The van der Waals surface area contributed by atoms with Crippen LogP contribution in [0.3, 0.4) is 0 Å². The van der Waals surface area contributed by atoms with E-state index in [2.05, 4.69) is 24.9 Å². The molecule has 2 aromatic rings. The number of nitrogens with zero attached hydrogens (tertiary/aromatic N) is 3. The van der Waals surface area contributed by atoms with Crippen molar-refractivity contribution < 1.29 is 4.74 Å². The van der Waals surface area contributed by atoms with Gasteiger partial charge in [-0.2, -0.15) is 5.26 Å². The highest BCUT2D eigenvalue weighted by atomic mass is 35.5. The van der Waals surface area contributed by atoms with Crippen molar-refractivity contribution in [2.24, 2.45) is 5.92 Å². The monoisotopic (exact) mass is 305 g/mol. The van der Waals surface area contributed by atoms with Crippen LogP contribution in [0.25, 0.3) is 11.0 Å². The van der Waals surface area contributed by atoms with Crippen LogP contribution < -0.4 is 0 Å². The Morgan fingerprint density at radius 3 is 2.86 bits per heavy atom. The van der Waals surface area contributed by atoms with E-state index in [1.807, 2.05) is 16.7 Å². The summed E-state index contributed by atoms with van der Waals surface area (Å²) in [6, 6.07) is 7.79. The Morgan fingerprint density at radius 2 is 2.19 bits per heavy atom.